The molecule has 7 nitrogen and oxygen atoms in total. The van der Waals surface area contributed by atoms with Crippen molar-refractivity contribution in [2.75, 3.05) is 11.6 Å². The Morgan fingerprint density at radius 1 is 1.16 bits per heavy atom. The van der Waals surface area contributed by atoms with Crippen molar-refractivity contribution < 1.29 is 18.0 Å². The highest BCUT2D eigenvalue weighted by Crippen LogP contribution is 2.34. The minimum atomic E-state index is -3.56. The Morgan fingerprint density at radius 2 is 1.87 bits per heavy atom. The third-order valence-corrected chi connectivity index (χ3v) is 7.37. The SMILES string of the molecule is CS(=O)(=O)c1cccc2c1C(=O)N([C@H](CC1CCCCC1)C(=O)Nc1ccncc1)C2. The van der Waals surface area contributed by atoms with Gasteiger partial charge in [0.2, 0.25) is 5.91 Å². The third kappa shape index (κ3) is 4.63. The number of anilines is 1. The van der Waals surface area contributed by atoms with Crippen LogP contribution in [0.4, 0.5) is 5.69 Å². The van der Waals surface area contributed by atoms with Crippen LogP contribution in [0.5, 0.6) is 0 Å². The van der Waals surface area contributed by atoms with Gasteiger partial charge in [-0.15, -0.1) is 0 Å². The van der Waals surface area contributed by atoms with E-state index in [1.807, 2.05) is 0 Å². The fourth-order valence-electron chi connectivity index (χ4n) is 4.69. The highest BCUT2D eigenvalue weighted by molar-refractivity contribution is 7.90. The highest BCUT2D eigenvalue weighted by Gasteiger charge is 2.40. The number of benzene rings is 1. The third-order valence-electron chi connectivity index (χ3n) is 6.24. The number of amides is 2. The molecule has 1 N–H and O–H groups in total. The number of nitrogens with one attached hydrogen (secondary N) is 1. The number of hydrogen-bond donors (Lipinski definition) is 1. The molecule has 2 amide bonds. The van der Waals surface area contributed by atoms with Gasteiger partial charge < -0.3 is 10.2 Å². The number of nitrogens with zero attached hydrogens (tertiary/aromatic N) is 2. The molecule has 1 fully saturated rings. The molecule has 1 aromatic carbocycles. The molecule has 4 rings (SSSR count). The number of sulfone groups is 1. The van der Waals surface area contributed by atoms with Gasteiger partial charge in [-0.3, -0.25) is 14.6 Å². The number of rotatable bonds is 6. The molecule has 0 radical (unpaired) electrons. The van der Waals surface area contributed by atoms with E-state index in [0.717, 1.165) is 31.9 Å². The number of carbonyl (C=O) groups excluding carboxylic acids is 2. The zero-order chi connectivity index (χ0) is 22.0. The van der Waals surface area contributed by atoms with Gasteiger partial charge in [0.15, 0.2) is 9.84 Å². The molecular weight excluding hydrogens is 414 g/mol. The molecule has 8 heteroatoms. The maximum absolute atomic E-state index is 13.4. The molecule has 1 aromatic heterocycles. The average Bonchev–Trinajstić information content (AvgIpc) is 3.09. The van der Waals surface area contributed by atoms with E-state index in [1.54, 1.807) is 41.6 Å². The van der Waals surface area contributed by atoms with Gasteiger partial charge in [-0.05, 0) is 36.1 Å². The summed E-state index contributed by atoms with van der Waals surface area (Å²) < 4.78 is 24.5. The maximum atomic E-state index is 13.4. The van der Waals surface area contributed by atoms with Crippen LogP contribution < -0.4 is 5.32 Å². The van der Waals surface area contributed by atoms with Crippen LogP contribution in [0.1, 0.15) is 54.4 Å². The molecule has 2 aromatic rings. The molecular formula is C23H27N3O4S. The summed E-state index contributed by atoms with van der Waals surface area (Å²) in [7, 11) is -3.56. The molecule has 2 heterocycles. The molecule has 0 saturated heterocycles. The number of aromatic nitrogens is 1. The molecule has 0 spiro atoms. The molecule has 1 aliphatic heterocycles. The summed E-state index contributed by atoms with van der Waals surface area (Å²) in [6.45, 7) is 0.235. The fraction of sp³-hybridized carbons (Fsp3) is 0.435. The second-order valence-corrected chi connectivity index (χ2v) is 10.5. The van der Waals surface area contributed by atoms with Gasteiger partial charge in [-0.2, -0.15) is 0 Å². The van der Waals surface area contributed by atoms with Gasteiger partial charge in [0.05, 0.1) is 10.5 Å². The molecule has 1 saturated carbocycles. The van der Waals surface area contributed by atoms with Crippen molar-refractivity contribution >= 4 is 27.3 Å². The van der Waals surface area contributed by atoms with E-state index in [4.69, 9.17) is 0 Å². The normalized spacial score (nSPS) is 18.0. The van der Waals surface area contributed by atoms with Crippen LogP contribution in [0.2, 0.25) is 0 Å². The van der Waals surface area contributed by atoms with Crippen LogP contribution >= 0.6 is 0 Å². The van der Waals surface area contributed by atoms with Crippen molar-refractivity contribution in [3.63, 3.8) is 0 Å². The second kappa shape index (κ2) is 8.78. The first-order valence-electron chi connectivity index (χ1n) is 10.7. The molecule has 164 valence electrons. The minimum absolute atomic E-state index is 0.0310. The van der Waals surface area contributed by atoms with Gasteiger partial charge in [0, 0.05) is 30.9 Å². The van der Waals surface area contributed by atoms with Gasteiger partial charge in [-0.1, -0.05) is 44.2 Å². The molecule has 1 aliphatic carbocycles. The van der Waals surface area contributed by atoms with Gasteiger partial charge in [-0.25, -0.2) is 8.42 Å². The molecule has 0 bridgehead atoms. The minimum Gasteiger partial charge on any atom is -0.324 e. The van der Waals surface area contributed by atoms with Crippen molar-refractivity contribution in [3.05, 3.63) is 53.9 Å². The first-order chi connectivity index (χ1) is 14.8. The lowest BCUT2D eigenvalue weighted by molar-refractivity contribution is -0.121. The van der Waals surface area contributed by atoms with E-state index in [1.165, 1.54) is 12.5 Å². The summed E-state index contributed by atoms with van der Waals surface area (Å²) in [5.74, 6) is -0.270. The largest absolute Gasteiger partial charge is 0.324 e. The van der Waals surface area contributed by atoms with Gasteiger partial charge in [0.1, 0.15) is 6.04 Å². The Morgan fingerprint density at radius 3 is 2.55 bits per heavy atom. The zero-order valence-corrected chi connectivity index (χ0v) is 18.4. The van der Waals surface area contributed by atoms with E-state index in [2.05, 4.69) is 10.3 Å². The maximum Gasteiger partial charge on any atom is 0.256 e. The Kier molecular flexibility index (Phi) is 6.09. The molecule has 0 unspecified atom stereocenters. The lowest BCUT2D eigenvalue weighted by atomic mass is 9.84. The Hall–Kier alpha value is -2.74. The van der Waals surface area contributed by atoms with Crippen LogP contribution in [0.15, 0.2) is 47.6 Å². The molecule has 1 atom stereocenters. The van der Waals surface area contributed by atoms with Crippen LogP contribution in [-0.4, -0.2) is 42.4 Å². The summed E-state index contributed by atoms with van der Waals surface area (Å²) >= 11 is 0. The summed E-state index contributed by atoms with van der Waals surface area (Å²) in [4.78, 5) is 32.2. The van der Waals surface area contributed by atoms with E-state index in [9.17, 15) is 18.0 Å². The lowest BCUT2D eigenvalue weighted by Crippen LogP contribution is -2.45. The van der Waals surface area contributed by atoms with Crippen molar-refractivity contribution in [2.24, 2.45) is 5.92 Å². The van der Waals surface area contributed by atoms with Crippen LogP contribution in [-0.2, 0) is 21.2 Å². The lowest BCUT2D eigenvalue weighted by Gasteiger charge is -2.31. The first kappa shape index (κ1) is 21.5. The first-order valence-corrected chi connectivity index (χ1v) is 12.6. The Labute approximate surface area is 182 Å². The second-order valence-electron chi connectivity index (χ2n) is 8.48. The van der Waals surface area contributed by atoms with Gasteiger partial charge in [0.25, 0.3) is 5.91 Å². The summed E-state index contributed by atoms with van der Waals surface area (Å²) in [6.07, 6.45) is 10.4. The van der Waals surface area contributed by atoms with E-state index >= 15 is 0 Å². The van der Waals surface area contributed by atoms with E-state index in [-0.39, 0.29) is 28.8 Å². The van der Waals surface area contributed by atoms with E-state index in [0.29, 0.717) is 23.6 Å². The quantitative estimate of drug-likeness (QED) is 0.741. The Bertz CT molecular complexity index is 1080. The van der Waals surface area contributed by atoms with E-state index < -0.39 is 15.9 Å². The molecule has 31 heavy (non-hydrogen) atoms. The smallest absolute Gasteiger partial charge is 0.256 e. The van der Waals surface area contributed by atoms with Crippen LogP contribution in [0.25, 0.3) is 0 Å². The predicted octanol–water partition coefficient (Wildman–Crippen LogP) is 3.42. The average molecular weight is 442 g/mol. The molecule has 2 aliphatic rings. The van der Waals surface area contributed by atoms with Crippen LogP contribution in [0.3, 0.4) is 0 Å². The fourth-order valence-corrected chi connectivity index (χ4v) is 5.60. The van der Waals surface area contributed by atoms with Crippen molar-refractivity contribution in [1.82, 2.24) is 9.88 Å². The summed E-state index contributed by atoms with van der Waals surface area (Å²) in [5.41, 5.74) is 1.48. The monoisotopic (exact) mass is 441 g/mol. The highest BCUT2D eigenvalue weighted by atomic mass is 32.2. The van der Waals surface area contributed by atoms with Crippen molar-refractivity contribution in [2.45, 2.75) is 56.0 Å². The predicted molar refractivity (Wildman–Crippen MR) is 117 cm³/mol. The number of fused-ring (bicyclic) bond motifs is 1. The van der Waals surface area contributed by atoms with Crippen LogP contribution in [0, 0.1) is 5.92 Å². The number of hydrogen-bond acceptors (Lipinski definition) is 5. The summed E-state index contributed by atoms with van der Waals surface area (Å²) in [5, 5.41) is 2.91. The zero-order valence-electron chi connectivity index (χ0n) is 17.6. The van der Waals surface area contributed by atoms with Crippen molar-refractivity contribution in [3.8, 4) is 0 Å². The number of carbonyl (C=O) groups is 2. The number of pyridine rings is 1. The summed E-state index contributed by atoms with van der Waals surface area (Å²) in [6, 6.07) is 7.63. The Balaban J connectivity index is 1.64. The van der Waals surface area contributed by atoms with Gasteiger partial charge >= 0.3 is 0 Å². The van der Waals surface area contributed by atoms with Crippen molar-refractivity contribution in [1.29, 1.82) is 0 Å². The topological polar surface area (TPSA) is 96.4 Å². The standard InChI is InChI=1S/C23H27N3O4S/c1-31(29,30)20-9-5-8-17-15-26(23(28)21(17)20)19(14-16-6-3-2-4-7-16)22(27)25-18-10-12-24-13-11-18/h5,8-13,16,19H,2-4,6-7,14-15H2,1H3,(H,24,25,27)/t19-/m1/s1.